The van der Waals surface area contributed by atoms with Gasteiger partial charge in [0.2, 0.25) is 0 Å². The predicted octanol–water partition coefficient (Wildman–Crippen LogP) is 7.33. The maximum absolute atomic E-state index is 13.6. The van der Waals surface area contributed by atoms with Crippen molar-refractivity contribution in [3.63, 3.8) is 0 Å². The third-order valence-electron chi connectivity index (χ3n) is 8.63. The molecule has 6 rings (SSSR count). The Labute approximate surface area is 228 Å². The van der Waals surface area contributed by atoms with Gasteiger partial charge in [0, 0.05) is 49.5 Å². The summed E-state index contributed by atoms with van der Waals surface area (Å²) in [6.45, 7) is 8.68. The molecule has 2 unspecified atom stereocenters. The van der Waals surface area contributed by atoms with Gasteiger partial charge in [-0.2, -0.15) is 8.78 Å². The van der Waals surface area contributed by atoms with Crippen molar-refractivity contribution >= 4 is 27.8 Å². The van der Waals surface area contributed by atoms with E-state index in [0.29, 0.717) is 28.7 Å². The maximum atomic E-state index is 13.6. The summed E-state index contributed by atoms with van der Waals surface area (Å²) in [6, 6.07) is 9.75. The molecule has 0 bridgehead atoms. The summed E-state index contributed by atoms with van der Waals surface area (Å²) < 4.78 is 36.4. The van der Waals surface area contributed by atoms with Crippen LogP contribution in [0.3, 0.4) is 0 Å². The van der Waals surface area contributed by atoms with Crippen molar-refractivity contribution in [1.29, 1.82) is 0 Å². The fourth-order valence-electron chi connectivity index (χ4n) is 6.33. The van der Waals surface area contributed by atoms with Crippen LogP contribution in [0.2, 0.25) is 0 Å². The standard InChI is InChI=1S/C31H37F2N5O/c1-5-7-22-11-13-37(17-19(22)2)20(3)24-14-25-28(27(16-24)39-31(32)33)36(4)30(35-25)26-15-23-8-6-12-34-29(23)38(26)18-21-9-10-21/h6,8,12,14-16,19,21-22,31H,3,5,7,9-11,13,17-18H2,1-2,4H3. The number of piperidine rings is 1. The molecule has 39 heavy (non-hydrogen) atoms. The van der Waals surface area contributed by atoms with Crippen molar-refractivity contribution < 1.29 is 13.5 Å². The first-order chi connectivity index (χ1) is 18.8. The Morgan fingerprint density at radius 1 is 1.21 bits per heavy atom. The average Bonchev–Trinajstić information content (AvgIpc) is 3.58. The van der Waals surface area contributed by atoms with E-state index in [1.807, 2.05) is 29.9 Å². The lowest BCUT2D eigenvalue weighted by atomic mass is 9.83. The van der Waals surface area contributed by atoms with Gasteiger partial charge in [0.05, 0.1) is 11.2 Å². The van der Waals surface area contributed by atoms with Gasteiger partial charge < -0.3 is 18.8 Å². The number of imidazole rings is 1. The normalized spacial score (nSPS) is 19.9. The molecule has 1 aromatic carbocycles. The molecule has 1 saturated heterocycles. The largest absolute Gasteiger partial charge is 0.432 e. The monoisotopic (exact) mass is 533 g/mol. The Kier molecular flexibility index (Phi) is 6.81. The van der Waals surface area contributed by atoms with Crippen LogP contribution < -0.4 is 4.74 Å². The van der Waals surface area contributed by atoms with E-state index in [1.54, 1.807) is 6.07 Å². The van der Waals surface area contributed by atoms with Crippen LogP contribution in [0.25, 0.3) is 39.3 Å². The molecule has 4 aromatic rings. The molecule has 0 radical (unpaired) electrons. The number of benzene rings is 1. The molecule has 6 nitrogen and oxygen atoms in total. The molecule has 206 valence electrons. The summed E-state index contributed by atoms with van der Waals surface area (Å²) in [5, 5.41) is 1.04. The second-order valence-corrected chi connectivity index (χ2v) is 11.4. The van der Waals surface area contributed by atoms with Crippen molar-refractivity contribution in [1.82, 2.24) is 24.0 Å². The smallest absolute Gasteiger partial charge is 0.387 e. The van der Waals surface area contributed by atoms with Gasteiger partial charge in [0.15, 0.2) is 11.6 Å². The number of ether oxygens (including phenoxy) is 1. The lowest BCUT2D eigenvalue weighted by Gasteiger charge is -2.39. The SMILES string of the molecule is C=C(c1cc(OC(F)F)c2c(c1)nc(-c1cc3cccnc3n1CC1CC1)n2C)N1CCC(CCC)C(C)C1. The lowest BCUT2D eigenvalue weighted by Crippen LogP contribution is -2.37. The third-order valence-corrected chi connectivity index (χ3v) is 8.63. The van der Waals surface area contributed by atoms with Gasteiger partial charge in [-0.3, -0.25) is 0 Å². The van der Waals surface area contributed by atoms with Crippen molar-refractivity contribution in [2.75, 3.05) is 13.1 Å². The van der Waals surface area contributed by atoms with Gasteiger partial charge in [-0.1, -0.05) is 33.3 Å². The molecule has 1 saturated carbocycles. The molecular formula is C31H37F2N5O. The fraction of sp³-hybridized carbons (Fsp3) is 0.484. The van der Waals surface area contributed by atoms with E-state index in [-0.39, 0.29) is 5.75 Å². The Hall–Kier alpha value is -3.42. The number of aromatic nitrogens is 4. The molecule has 3 aromatic heterocycles. The summed E-state index contributed by atoms with van der Waals surface area (Å²) >= 11 is 0. The Morgan fingerprint density at radius 3 is 2.74 bits per heavy atom. The van der Waals surface area contributed by atoms with Crippen molar-refractivity contribution in [3.8, 4) is 17.3 Å². The second kappa shape index (κ2) is 10.3. The highest BCUT2D eigenvalue weighted by Crippen LogP contribution is 2.39. The molecule has 4 heterocycles. The van der Waals surface area contributed by atoms with E-state index in [4.69, 9.17) is 9.72 Å². The Bertz CT molecular complexity index is 1520. The number of halogens is 2. The summed E-state index contributed by atoms with van der Waals surface area (Å²) in [5.74, 6) is 2.73. The first-order valence-corrected chi connectivity index (χ1v) is 14.2. The minimum absolute atomic E-state index is 0.122. The van der Waals surface area contributed by atoms with Gasteiger partial charge in [0.25, 0.3) is 0 Å². The number of fused-ring (bicyclic) bond motifs is 2. The quantitative estimate of drug-likeness (QED) is 0.226. The highest BCUT2D eigenvalue weighted by molar-refractivity contribution is 5.91. The van der Waals surface area contributed by atoms with Gasteiger partial charge in [0.1, 0.15) is 11.2 Å². The highest BCUT2D eigenvalue weighted by atomic mass is 19.3. The van der Waals surface area contributed by atoms with Crippen molar-refractivity contribution in [2.24, 2.45) is 24.8 Å². The molecule has 1 aliphatic heterocycles. The minimum atomic E-state index is -2.94. The zero-order valence-electron chi connectivity index (χ0n) is 23.0. The minimum Gasteiger partial charge on any atom is -0.432 e. The third kappa shape index (κ3) is 4.90. The van der Waals surface area contributed by atoms with Gasteiger partial charge in [-0.25, -0.2) is 9.97 Å². The maximum Gasteiger partial charge on any atom is 0.387 e. The van der Waals surface area contributed by atoms with E-state index in [1.165, 1.54) is 25.7 Å². The number of nitrogens with zero attached hydrogens (tertiary/aromatic N) is 5. The van der Waals surface area contributed by atoms with E-state index < -0.39 is 6.61 Å². The predicted molar refractivity (Wildman–Crippen MR) is 152 cm³/mol. The van der Waals surface area contributed by atoms with Gasteiger partial charge in [-0.15, -0.1) is 0 Å². The van der Waals surface area contributed by atoms with E-state index in [9.17, 15) is 8.78 Å². The molecule has 0 spiro atoms. The Balaban J connectivity index is 1.42. The first kappa shape index (κ1) is 25.8. The summed E-state index contributed by atoms with van der Waals surface area (Å²) in [5.41, 5.74) is 4.62. The number of hydrogen-bond acceptors (Lipinski definition) is 4. The molecule has 0 N–H and O–H groups in total. The topological polar surface area (TPSA) is 48.1 Å². The molecule has 2 fully saturated rings. The van der Waals surface area contributed by atoms with Crippen molar-refractivity contribution in [2.45, 2.75) is 59.1 Å². The zero-order valence-corrected chi connectivity index (χ0v) is 23.0. The van der Waals surface area contributed by atoms with Crippen LogP contribution in [0.4, 0.5) is 8.78 Å². The van der Waals surface area contributed by atoms with Crippen LogP contribution in [0.1, 0.15) is 51.5 Å². The van der Waals surface area contributed by atoms with Crippen LogP contribution in [0, 0.1) is 17.8 Å². The van der Waals surface area contributed by atoms with Crippen LogP contribution in [0.5, 0.6) is 5.75 Å². The number of hydrogen-bond donors (Lipinski definition) is 0. The Morgan fingerprint density at radius 2 is 2.03 bits per heavy atom. The number of rotatable bonds is 9. The summed E-state index contributed by atoms with van der Waals surface area (Å²) in [6.07, 6.45) is 7.77. The summed E-state index contributed by atoms with van der Waals surface area (Å²) in [7, 11) is 1.87. The number of alkyl halides is 2. The lowest BCUT2D eigenvalue weighted by molar-refractivity contribution is -0.0490. The molecule has 8 heteroatoms. The van der Waals surface area contributed by atoms with Gasteiger partial charge in [-0.05, 0) is 67.3 Å². The second-order valence-electron chi connectivity index (χ2n) is 11.4. The average molecular weight is 534 g/mol. The molecule has 1 aliphatic carbocycles. The van der Waals surface area contributed by atoms with Crippen molar-refractivity contribution in [3.05, 3.63) is 48.7 Å². The van der Waals surface area contributed by atoms with Crippen LogP contribution in [-0.2, 0) is 13.6 Å². The van der Waals surface area contributed by atoms with E-state index >= 15 is 0 Å². The number of likely N-dealkylation sites (tertiary alicyclic amines) is 1. The zero-order chi connectivity index (χ0) is 27.3. The molecule has 0 amide bonds. The van der Waals surface area contributed by atoms with E-state index in [0.717, 1.165) is 60.0 Å². The van der Waals surface area contributed by atoms with Crippen LogP contribution in [-0.4, -0.2) is 43.7 Å². The number of aryl methyl sites for hydroxylation is 1. The van der Waals surface area contributed by atoms with E-state index in [2.05, 4.69) is 47.0 Å². The first-order valence-electron chi connectivity index (χ1n) is 14.2. The molecule has 2 aliphatic rings. The fourth-order valence-corrected chi connectivity index (χ4v) is 6.33. The molecule has 2 atom stereocenters. The number of pyridine rings is 1. The van der Waals surface area contributed by atoms with Crippen LogP contribution >= 0.6 is 0 Å². The molecular weight excluding hydrogens is 496 g/mol. The van der Waals surface area contributed by atoms with Gasteiger partial charge >= 0.3 is 6.61 Å². The van der Waals surface area contributed by atoms with Crippen LogP contribution in [0.15, 0.2) is 43.1 Å². The highest BCUT2D eigenvalue weighted by Gasteiger charge is 2.29. The summed E-state index contributed by atoms with van der Waals surface area (Å²) in [4.78, 5) is 11.9.